The molecular formula is C56H111NO5. The highest BCUT2D eigenvalue weighted by Gasteiger charge is 2.20. The van der Waals surface area contributed by atoms with Crippen LogP contribution in [-0.2, 0) is 14.3 Å². The van der Waals surface area contributed by atoms with Gasteiger partial charge in [0.25, 0.3) is 0 Å². The molecule has 0 heterocycles. The Bertz CT molecular complexity index is 882. The number of amides is 1. The number of rotatable bonds is 53. The molecule has 0 aliphatic carbocycles. The zero-order valence-corrected chi connectivity index (χ0v) is 42.1. The molecule has 0 rings (SSSR count). The van der Waals surface area contributed by atoms with Crippen molar-refractivity contribution in [3.8, 4) is 0 Å². The van der Waals surface area contributed by atoms with Crippen LogP contribution in [0.25, 0.3) is 0 Å². The SMILES string of the molecule is CCCCCCCCCCCCCCCCCCC(O)C(CO)NC(=O)CCCCCCCCCCCCCCCCCCOC(=O)CCCCCCCCCCCCCCC. The van der Waals surface area contributed by atoms with E-state index in [1.54, 1.807) is 0 Å². The molecule has 0 aromatic carbocycles. The maximum absolute atomic E-state index is 12.5. The smallest absolute Gasteiger partial charge is 0.305 e. The van der Waals surface area contributed by atoms with Gasteiger partial charge in [-0.2, -0.15) is 0 Å². The van der Waals surface area contributed by atoms with Crippen LogP contribution in [0.5, 0.6) is 0 Å². The number of aliphatic hydroxyl groups is 2. The predicted molar refractivity (Wildman–Crippen MR) is 269 cm³/mol. The molecule has 6 heteroatoms. The van der Waals surface area contributed by atoms with Crippen LogP contribution in [0, 0.1) is 0 Å². The Morgan fingerprint density at radius 3 is 0.984 bits per heavy atom. The van der Waals surface area contributed by atoms with Gasteiger partial charge in [-0.1, -0.05) is 284 Å². The van der Waals surface area contributed by atoms with Gasteiger partial charge in [0.2, 0.25) is 5.91 Å². The van der Waals surface area contributed by atoms with Crippen molar-refractivity contribution in [2.45, 2.75) is 334 Å². The minimum absolute atomic E-state index is 0.00562. The molecule has 0 fully saturated rings. The van der Waals surface area contributed by atoms with Gasteiger partial charge in [0.15, 0.2) is 0 Å². The highest BCUT2D eigenvalue weighted by molar-refractivity contribution is 5.76. The van der Waals surface area contributed by atoms with Crippen LogP contribution < -0.4 is 5.32 Å². The third-order valence-corrected chi connectivity index (χ3v) is 13.4. The van der Waals surface area contributed by atoms with Gasteiger partial charge < -0.3 is 20.3 Å². The molecule has 62 heavy (non-hydrogen) atoms. The Labute approximate surface area is 387 Å². The van der Waals surface area contributed by atoms with Crippen molar-refractivity contribution >= 4 is 11.9 Å². The van der Waals surface area contributed by atoms with Gasteiger partial charge in [0, 0.05) is 12.8 Å². The molecule has 2 atom stereocenters. The fraction of sp³-hybridized carbons (Fsp3) is 0.964. The topological polar surface area (TPSA) is 95.9 Å². The van der Waals surface area contributed by atoms with E-state index in [9.17, 15) is 19.8 Å². The highest BCUT2D eigenvalue weighted by Crippen LogP contribution is 2.18. The van der Waals surface area contributed by atoms with Crippen LogP contribution in [0.4, 0.5) is 0 Å². The van der Waals surface area contributed by atoms with Gasteiger partial charge in [0.1, 0.15) is 0 Å². The lowest BCUT2D eigenvalue weighted by atomic mass is 10.0. The van der Waals surface area contributed by atoms with Crippen molar-refractivity contribution in [1.82, 2.24) is 5.32 Å². The fourth-order valence-corrected chi connectivity index (χ4v) is 9.05. The summed E-state index contributed by atoms with van der Waals surface area (Å²) in [5.41, 5.74) is 0. The van der Waals surface area contributed by atoms with Crippen molar-refractivity contribution in [2.24, 2.45) is 0 Å². The van der Waals surface area contributed by atoms with Gasteiger partial charge in [0.05, 0.1) is 25.4 Å². The Hall–Kier alpha value is -1.14. The van der Waals surface area contributed by atoms with E-state index in [0.717, 1.165) is 44.9 Å². The number of hydrogen-bond donors (Lipinski definition) is 3. The van der Waals surface area contributed by atoms with Gasteiger partial charge >= 0.3 is 5.97 Å². The molecule has 0 aromatic heterocycles. The second-order valence-corrected chi connectivity index (χ2v) is 19.6. The Morgan fingerprint density at radius 2 is 0.661 bits per heavy atom. The molecule has 1 amide bonds. The first kappa shape index (κ1) is 60.9. The Kier molecular flexibility index (Phi) is 51.5. The van der Waals surface area contributed by atoms with E-state index in [1.165, 1.54) is 244 Å². The number of ether oxygens (including phenoxy) is 1. The fourth-order valence-electron chi connectivity index (χ4n) is 9.05. The summed E-state index contributed by atoms with van der Waals surface area (Å²) in [6.07, 6.45) is 59.4. The molecule has 2 unspecified atom stereocenters. The van der Waals surface area contributed by atoms with E-state index in [1.807, 2.05) is 0 Å². The molecule has 0 spiro atoms. The average Bonchev–Trinajstić information content (AvgIpc) is 3.27. The maximum atomic E-state index is 12.5. The number of esters is 1. The summed E-state index contributed by atoms with van der Waals surface area (Å²) in [7, 11) is 0. The third kappa shape index (κ3) is 48.3. The summed E-state index contributed by atoms with van der Waals surface area (Å²) in [6.45, 7) is 4.96. The van der Waals surface area contributed by atoms with E-state index in [0.29, 0.717) is 25.9 Å². The third-order valence-electron chi connectivity index (χ3n) is 13.4. The lowest BCUT2D eigenvalue weighted by molar-refractivity contribution is -0.143. The van der Waals surface area contributed by atoms with Crippen molar-refractivity contribution < 1.29 is 24.5 Å². The van der Waals surface area contributed by atoms with E-state index < -0.39 is 12.1 Å². The summed E-state index contributed by atoms with van der Waals surface area (Å²) in [5.74, 6) is -0.0332. The summed E-state index contributed by atoms with van der Waals surface area (Å²) in [4.78, 5) is 24.5. The van der Waals surface area contributed by atoms with Crippen LogP contribution in [0.3, 0.4) is 0 Å². The largest absolute Gasteiger partial charge is 0.466 e. The van der Waals surface area contributed by atoms with Crippen LogP contribution in [-0.4, -0.2) is 47.4 Å². The van der Waals surface area contributed by atoms with Crippen molar-refractivity contribution in [1.29, 1.82) is 0 Å². The summed E-state index contributed by atoms with van der Waals surface area (Å²) < 4.78 is 5.47. The van der Waals surface area contributed by atoms with E-state index in [4.69, 9.17) is 4.74 Å². The van der Waals surface area contributed by atoms with E-state index in [2.05, 4.69) is 19.2 Å². The van der Waals surface area contributed by atoms with Gasteiger partial charge in [-0.15, -0.1) is 0 Å². The van der Waals surface area contributed by atoms with Crippen LogP contribution >= 0.6 is 0 Å². The molecule has 0 radical (unpaired) electrons. The Morgan fingerprint density at radius 1 is 0.387 bits per heavy atom. The minimum atomic E-state index is -0.667. The number of carbonyl (C=O) groups excluding carboxylic acids is 2. The van der Waals surface area contributed by atoms with Gasteiger partial charge in [-0.05, 0) is 25.7 Å². The van der Waals surface area contributed by atoms with Crippen molar-refractivity contribution in [3.05, 3.63) is 0 Å². The van der Waals surface area contributed by atoms with Crippen LogP contribution in [0.15, 0.2) is 0 Å². The molecule has 0 saturated heterocycles. The molecule has 370 valence electrons. The normalized spacial score (nSPS) is 12.5. The monoisotopic (exact) mass is 878 g/mol. The Balaban J connectivity index is 3.41. The van der Waals surface area contributed by atoms with Crippen molar-refractivity contribution in [2.75, 3.05) is 13.2 Å². The first-order chi connectivity index (χ1) is 30.5. The van der Waals surface area contributed by atoms with E-state index in [-0.39, 0.29) is 18.5 Å². The highest BCUT2D eigenvalue weighted by atomic mass is 16.5. The lowest BCUT2D eigenvalue weighted by Crippen LogP contribution is -2.45. The number of aliphatic hydroxyl groups excluding tert-OH is 2. The molecule has 0 aliphatic rings. The molecular weight excluding hydrogens is 767 g/mol. The lowest BCUT2D eigenvalue weighted by Gasteiger charge is -2.22. The van der Waals surface area contributed by atoms with Gasteiger partial charge in [-0.3, -0.25) is 9.59 Å². The zero-order chi connectivity index (χ0) is 45.1. The van der Waals surface area contributed by atoms with E-state index >= 15 is 0 Å². The van der Waals surface area contributed by atoms with Crippen LogP contribution in [0.1, 0.15) is 322 Å². The first-order valence-electron chi connectivity index (χ1n) is 28.3. The van der Waals surface area contributed by atoms with Crippen LogP contribution in [0.2, 0.25) is 0 Å². The summed E-state index contributed by atoms with van der Waals surface area (Å²) in [5, 5.41) is 23.3. The summed E-state index contributed by atoms with van der Waals surface area (Å²) >= 11 is 0. The molecule has 3 N–H and O–H groups in total. The maximum Gasteiger partial charge on any atom is 0.305 e. The molecule has 0 aromatic rings. The second-order valence-electron chi connectivity index (χ2n) is 19.6. The van der Waals surface area contributed by atoms with Crippen molar-refractivity contribution in [3.63, 3.8) is 0 Å². The number of carbonyl (C=O) groups is 2. The minimum Gasteiger partial charge on any atom is -0.466 e. The van der Waals surface area contributed by atoms with Gasteiger partial charge in [-0.25, -0.2) is 0 Å². The summed E-state index contributed by atoms with van der Waals surface area (Å²) in [6, 6.07) is -0.545. The predicted octanol–water partition coefficient (Wildman–Crippen LogP) is 17.1. The average molecular weight is 879 g/mol. The quantitative estimate of drug-likeness (QED) is 0.0418. The number of unbranched alkanes of at least 4 members (excludes halogenated alkanes) is 42. The molecule has 0 saturated carbocycles. The zero-order valence-electron chi connectivity index (χ0n) is 42.1. The molecule has 0 aliphatic heterocycles. The number of hydrogen-bond acceptors (Lipinski definition) is 5. The molecule has 0 bridgehead atoms. The number of nitrogens with one attached hydrogen (secondary N) is 1. The first-order valence-corrected chi connectivity index (χ1v) is 28.3. The molecule has 6 nitrogen and oxygen atoms in total. The standard InChI is InChI=1S/C56H111NO5/c1-3-5-7-9-11-13-15-17-18-21-25-28-32-36-40-44-48-54(59)53(52-58)57-55(60)49-45-41-37-33-29-26-22-19-20-23-27-31-35-39-43-47-51-62-56(61)50-46-42-38-34-30-24-16-14-12-10-8-6-4-2/h53-54,58-59H,3-52H2,1-2H3,(H,57,60). The second kappa shape index (κ2) is 52.5.